The summed E-state index contributed by atoms with van der Waals surface area (Å²) in [6, 6.07) is 9.10. The zero-order chi connectivity index (χ0) is 22.1. The molecule has 162 valence electrons. The maximum Gasteiger partial charge on any atom is 0.252 e. The van der Waals surface area contributed by atoms with Crippen LogP contribution in [0.2, 0.25) is 0 Å². The summed E-state index contributed by atoms with van der Waals surface area (Å²) in [6.07, 6.45) is 8.07. The van der Waals surface area contributed by atoms with Crippen LogP contribution in [0.1, 0.15) is 34.5 Å². The summed E-state index contributed by atoms with van der Waals surface area (Å²) in [4.78, 5) is 31.3. The van der Waals surface area contributed by atoms with E-state index in [0.29, 0.717) is 28.1 Å². The van der Waals surface area contributed by atoms with Crippen molar-refractivity contribution in [1.29, 1.82) is 5.26 Å². The van der Waals surface area contributed by atoms with Crippen LogP contribution < -0.4 is 5.32 Å². The summed E-state index contributed by atoms with van der Waals surface area (Å²) in [5.41, 5.74) is 4.46. The Labute approximate surface area is 189 Å². The highest BCUT2D eigenvalue weighted by atomic mass is 32.2. The fourth-order valence-electron chi connectivity index (χ4n) is 4.23. The van der Waals surface area contributed by atoms with Crippen LogP contribution >= 0.6 is 11.8 Å². The number of fused-ring (bicyclic) bond motifs is 2. The molecule has 0 radical (unpaired) electrons. The van der Waals surface area contributed by atoms with Gasteiger partial charge in [-0.15, -0.1) is 11.8 Å². The number of hydrogen-bond acceptors (Lipinski definition) is 6. The second kappa shape index (κ2) is 8.63. The van der Waals surface area contributed by atoms with E-state index in [0.717, 1.165) is 24.2 Å². The number of carbonyl (C=O) groups excluding carboxylic acids is 2. The number of aryl methyl sites for hydroxylation is 2. The first kappa shape index (κ1) is 20.5. The maximum absolute atomic E-state index is 12.9. The van der Waals surface area contributed by atoms with Gasteiger partial charge >= 0.3 is 0 Å². The van der Waals surface area contributed by atoms with Gasteiger partial charge in [-0.3, -0.25) is 14.6 Å². The van der Waals surface area contributed by atoms with Crippen molar-refractivity contribution < 1.29 is 9.59 Å². The van der Waals surface area contributed by atoms with E-state index < -0.39 is 6.04 Å². The minimum Gasteiger partial charge on any atom is -0.343 e. The standard InChI is InChI=1S/C23H22N6O2S/c24-10-17-13-32-14-28(17)22(30)11-26-23(31)18-7-8-25-21-6-5-16(9-19(18)21)29-12-15-3-1-2-4-20(15)27-29/h5-9,12,17H,1-4,11,13-14H2,(H,26,31). The first-order valence-electron chi connectivity index (χ1n) is 10.7. The Morgan fingerprint density at radius 1 is 1.25 bits per heavy atom. The third-order valence-electron chi connectivity index (χ3n) is 5.97. The van der Waals surface area contributed by atoms with Gasteiger partial charge < -0.3 is 10.2 Å². The molecule has 1 aliphatic heterocycles. The van der Waals surface area contributed by atoms with E-state index >= 15 is 0 Å². The Kier molecular flexibility index (Phi) is 5.53. The number of nitrogens with zero attached hydrogens (tertiary/aromatic N) is 5. The third kappa shape index (κ3) is 3.82. The molecule has 3 heterocycles. The van der Waals surface area contributed by atoms with Crippen LogP contribution in [0, 0.1) is 11.3 Å². The van der Waals surface area contributed by atoms with E-state index in [1.165, 1.54) is 35.1 Å². The van der Waals surface area contributed by atoms with Crippen molar-refractivity contribution in [3.8, 4) is 11.8 Å². The van der Waals surface area contributed by atoms with E-state index in [1.807, 2.05) is 22.9 Å². The molecule has 1 fully saturated rings. The highest BCUT2D eigenvalue weighted by Gasteiger charge is 2.29. The van der Waals surface area contributed by atoms with Gasteiger partial charge in [0, 0.05) is 23.5 Å². The lowest BCUT2D eigenvalue weighted by Gasteiger charge is -2.18. The Balaban J connectivity index is 1.38. The minimum absolute atomic E-state index is 0.146. The summed E-state index contributed by atoms with van der Waals surface area (Å²) in [6.45, 7) is -0.146. The highest BCUT2D eigenvalue weighted by molar-refractivity contribution is 7.99. The molecule has 1 atom stereocenters. The largest absolute Gasteiger partial charge is 0.343 e. The number of carbonyl (C=O) groups is 2. The van der Waals surface area contributed by atoms with Crippen molar-refractivity contribution in [3.63, 3.8) is 0 Å². The number of aromatic nitrogens is 3. The molecule has 8 nitrogen and oxygen atoms in total. The van der Waals surface area contributed by atoms with Crippen LogP contribution in [0.3, 0.4) is 0 Å². The zero-order valence-corrected chi connectivity index (χ0v) is 18.3. The van der Waals surface area contributed by atoms with E-state index in [-0.39, 0.29) is 18.4 Å². The second-order valence-corrected chi connectivity index (χ2v) is 9.00. The van der Waals surface area contributed by atoms with Crippen LogP contribution in [0.5, 0.6) is 0 Å². The van der Waals surface area contributed by atoms with Gasteiger partial charge in [0.2, 0.25) is 5.91 Å². The Morgan fingerprint density at radius 2 is 2.12 bits per heavy atom. The average molecular weight is 447 g/mol. The van der Waals surface area contributed by atoms with Gasteiger partial charge in [-0.25, -0.2) is 4.68 Å². The quantitative estimate of drug-likeness (QED) is 0.660. The van der Waals surface area contributed by atoms with Gasteiger partial charge in [0.15, 0.2) is 0 Å². The number of rotatable bonds is 4. The van der Waals surface area contributed by atoms with Crippen molar-refractivity contribution in [3.05, 3.63) is 53.5 Å². The van der Waals surface area contributed by atoms with Crippen molar-refractivity contribution in [2.24, 2.45) is 0 Å². The third-order valence-corrected chi connectivity index (χ3v) is 6.99. The van der Waals surface area contributed by atoms with E-state index in [4.69, 9.17) is 5.10 Å². The van der Waals surface area contributed by atoms with E-state index in [9.17, 15) is 14.9 Å². The first-order chi connectivity index (χ1) is 15.6. The average Bonchev–Trinajstić information content (AvgIpc) is 3.48. The predicted molar refractivity (Wildman–Crippen MR) is 121 cm³/mol. The normalized spacial score (nSPS) is 17.7. The number of hydrogen-bond donors (Lipinski definition) is 1. The van der Waals surface area contributed by atoms with Crippen LogP contribution in [0.4, 0.5) is 0 Å². The molecule has 5 rings (SSSR count). The number of nitriles is 1. The predicted octanol–water partition coefficient (Wildman–Crippen LogP) is 2.45. The van der Waals surface area contributed by atoms with Gasteiger partial charge in [0.05, 0.1) is 41.0 Å². The molecular weight excluding hydrogens is 424 g/mol. The van der Waals surface area contributed by atoms with Crippen molar-refractivity contribution in [1.82, 2.24) is 25.0 Å². The molecule has 0 bridgehead atoms. The Bertz CT molecular complexity index is 1220. The molecule has 1 aromatic carbocycles. The molecule has 2 aliphatic rings. The highest BCUT2D eigenvalue weighted by Crippen LogP contribution is 2.25. The van der Waals surface area contributed by atoms with Crippen molar-refractivity contribution >= 4 is 34.5 Å². The monoisotopic (exact) mass is 446 g/mol. The van der Waals surface area contributed by atoms with Crippen LogP contribution in [-0.2, 0) is 17.6 Å². The van der Waals surface area contributed by atoms with E-state index in [2.05, 4.69) is 22.6 Å². The molecule has 2 aromatic heterocycles. The van der Waals surface area contributed by atoms with Gasteiger partial charge in [-0.1, -0.05) is 0 Å². The number of thioether (sulfide) groups is 1. The first-order valence-corrected chi connectivity index (χ1v) is 11.8. The summed E-state index contributed by atoms with van der Waals surface area (Å²) >= 11 is 1.54. The molecule has 0 saturated carbocycles. The van der Waals surface area contributed by atoms with Gasteiger partial charge in [0.25, 0.3) is 5.91 Å². The number of benzene rings is 1. The molecule has 3 aromatic rings. The fraction of sp³-hybridized carbons (Fsp3) is 0.348. The van der Waals surface area contributed by atoms with Gasteiger partial charge in [0.1, 0.15) is 6.04 Å². The molecule has 1 aliphatic carbocycles. The number of nitrogens with one attached hydrogen (secondary N) is 1. The fourth-order valence-corrected chi connectivity index (χ4v) is 5.33. The molecule has 9 heteroatoms. The molecule has 1 saturated heterocycles. The van der Waals surface area contributed by atoms with Crippen LogP contribution in [0.15, 0.2) is 36.7 Å². The van der Waals surface area contributed by atoms with Gasteiger partial charge in [-0.2, -0.15) is 10.4 Å². The Morgan fingerprint density at radius 3 is 2.97 bits per heavy atom. The van der Waals surface area contributed by atoms with Gasteiger partial charge in [-0.05, 0) is 55.5 Å². The second-order valence-electron chi connectivity index (χ2n) is 8.00. The lowest BCUT2D eigenvalue weighted by Crippen LogP contribution is -2.42. The molecule has 2 amide bonds. The molecule has 1 N–H and O–H groups in total. The van der Waals surface area contributed by atoms with Crippen LogP contribution in [-0.4, -0.2) is 55.7 Å². The summed E-state index contributed by atoms with van der Waals surface area (Å²) in [7, 11) is 0. The summed E-state index contributed by atoms with van der Waals surface area (Å²) < 4.78 is 1.88. The molecular formula is C23H22N6O2S. The smallest absolute Gasteiger partial charge is 0.252 e. The Hall–Kier alpha value is -3.38. The minimum atomic E-state index is -0.436. The topological polar surface area (TPSA) is 104 Å². The van der Waals surface area contributed by atoms with E-state index in [1.54, 1.807) is 12.3 Å². The zero-order valence-electron chi connectivity index (χ0n) is 17.5. The molecule has 0 spiro atoms. The lowest BCUT2D eigenvalue weighted by atomic mass is 9.99. The molecule has 32 heavy (non-hydrogen) atoms. The maximum atomic E-state index is 12.9. The summed E-state index contributed by atoms with van der Waals surface area (Å²) in [5, 5.41) is 17.3. The molecule has 1 unspecified atom stereocenters. The number of pyridine rings is 1. The SMILES string of the molecule is N#CC1CSCN1C(=O)CNC(=O)c1ccnc2ccc(-n3cc4c(n3)CCCC4)cc12. The summed E-state index contributed by atoms with van der Waals surface area (Å²) in [5.74, 6) is 0.478. The van der Waals surface area contributed by atoms with Crippen molar-refractivity contribution in [2.75, 3.05) is 18.2 Å². The van der Waals surface area contributed by atoms with Crippen LogP contribution in [0.25, 0.3) is 16.6 Å². The van der Waals surface area contributed by atoms with Crippen molar-refractivity contribution in [2.45, 2.75) is 31.7 Å². The lowest BCUT2D eigenvalue weighted by molar-refractivity contribution is -0.129. The number of amides is 2.